The molecule has 0 spiro atoms. The van der Waals surface area contributed by atoms with Crippen LogP contribution in [0.25, 0.3) is 10.9 Å². The van der Waals surface area contributed by atoms with Crippen LogP contribution < -0.4 is 16.2 Å². The second-order valence-corrected chi connectivity index (χ2v) is 4.17. The number of benzene rings is 1. The Hall–Kier alpha value is -2.04. The average Bonchev–Trinajstić information content (AvgIpc) is 2.34. The van der Waals surface area contributed by atoms with Gasteiger partial charge < -0.3 is 16.2 Å². The van der Waals surface area contributed by atoms with Gasteiger partial charge in [-0.2, -0.15) is 4.98 Å². The highest BCUT2D eigenvalue weighted by Crippen LogP contribution is 2.29. The van der Waals surface area contributed by atoms with E-state index in [1.54, 1.807) is 0 Å². The van der Waals surface area contributed by atoms with Crippen LogP contribution in [0.2, 0.25) is 0 Å². The molecule has 0 aliphatic carbocycles. The van der Waals surface area contributed by atoms with Crippen LogP contribution in [0, 0.1) is 0 Å². The first-order valence-corrected chi connectivity index (χ1v) is 6.17. The fourth-order valence-corrected chi connectivity index (χ4v) is 1.85. The molecule has 0 saturated carbocycles. The Labute approximate surface area is 106 Å². The van der Waals surface area contributed by atoms with Crippen LogP contribution in [0.3, 0.4) is 0 Å². The Morgan fingerprint density at radius 2 is 2.00 bits per heavy atom. The molecule has 0 unspecified atom stereocenters. The number of rotatable bonds is 5. The summed E-state index contributed by atoms with van der Waals surface area (Å²) < 4.78 is 5.74. The maximum Gasteiger partial charge on any atom is 0.222 e. The summed E-state index contributed by atoms with van der Waals surface area (Å²) in [4.78, 5) is 8.12. The third-order valence-electron chi connectivity index (χ3n) is 2.74. The van der Waals surface area contributed by atoms with Gasteiger partial charge >= 0.3 is 0 Å². The topological polar surface area (TPSA) is 87.0 Å². The van der Waals surface area contributed by atoms with Crippen LogP contribution in [0.5, 0.6) is 5.75 Å². The Balaban J connectivity index is 2.27. The monoisotopic (exact) mass is 246 g/mol. The van der Waals surface area contributed by atoms with E-state index < -0.39 is 0 Å². The van der Waals surface area contributed by atoms with Gasteiger partial charge in [0.1, 0.15) is 11.6 Å². The minimum Gasteiger partial charge on any atom is -0.493 e. The number of nitrogens with two attached hydrogens (primary N) is 2. The maximum absolute atomic E-state index is 5.88. The standard InChI is InChI=1S/C13H18N4O/c1-2-3-4-8-18-10-7-5-6-9-11(10)12(14)17-13(15)16-9/h5-7H,2-4,8H2,1H3,(H4,14,15,16,17). The fraction of sp³-hybridized carbons (Fsp3) is 0.385. The lowest BCUT2D eigenvalue weighted by atomic mass is 10.2. The molecule has 0 radical (unpaired) electrons. The number of nitrogens with zero attached hydrogens (tertiary/aromatic N) is 2. The molecule has 1 aromatic carbocycles. The van der Waals surface area contributed by atoms with Crippen molar-refractivity contribution in [2.45, 2.75) is 26.2 Å². The quantitative estimate of drug-likeness (QED) is 0.791. The highest BCUT2D eigenvalue weighted by Gasteiger charge is 2.09. The lowest BCUT2D eigenvalue weighted by Gasteiger charge is -2.10. The number of hydrogen-bond acceptors (Lipinski definition) is 5. The van der Waals surface area contributed by atoms with Crippen molar-refractivity contribution in [2.24, 2.45) is 0 Å². The van der Waals surface area contributed by atoms with Crippen molar-refractivity contribution in [3.63, 3.8) is 0 Å². The fourth-order valence-electron chi connectivity index (χ4n) is 1.85. The van der Waals surface area contributed by atoms with Crippen molar-refractivity contribution in [3.8, 4) is 5.75 Å². The Morgan fingerprint density at radius 3 is 2.78 bits per heavy atom. The van der Waals surface area contributed by atoms with Gasteiger partial charge in [0.15, 0.2) is 0 Å². The zero-order chi connectivity index (χ0) is 13.0. The zero-order valence-electron chi connectivity index (χ0n) is 10.5. The summed E-state index contributed by atoms with van der Waals surface area (Å²) in [5.74, 6) is 1.27. The summed E-state index contributed by atoms with van der Waals surface area (Å²) in [6.45, 7) is 2.84. The van der Waals surface area contributed by atoms with Gasteiger partial charge in [-0.1, -0.05) is 25.8 Å². The van der Waals surface area contributed by atoms with E-state index in [1.165, 1.54) is 6.42 Å². The second-order valence-electron chi connectivity index (χ2n) is 4.17. The van der Waals surface area contributed by atoms with Crippen LogP contribution in [-0.2, 0) is 0 Å². The van der Waals surface area contributed by atoms with Gasteiger partial charge in [-0.25, -0.2) is 4.98 Å². The molecular formula is C13H18N4O. The van der Waals surface area contributed by atoms with Gasteiger partial charge in [-0.15, -0.1) is 0 Å². The Bertz CT molecular complexity index is 542. The molecule has 0 aliphatic heterocycles. The summed E-state index contributed by atoms with van der Waals surface area (Å²) in [6, 6.07) is 5.61. The van der Waals surface area contributed by atoms with E-state index in [0.29, 0.717) is 17.9 Å². The van der Waals surface area contributed by atoms with Crippen molar-refractivity contribution in [1.29, 1.82) is 0 Å². The molecule has 5 nitrogen and oxygen atoms in total. The number of anilines is 2. The Kier molecular flexibility index (Phi) is 3.82. The predicted octanol–water partition coefficient (Wildman–Crippen LogP) is 2.36. The lowest BCUT2D eigenvalue weighted by Crippen LogP contribution is -2.03. The van der Waals surface area contributed by atoms with Crippen LogP contribution in [-0.4, -0.2) is 16.6 Å². The summed E-state index contributed by atoms with van der Waals surface area (Å²) in [5.41, 5.74) is 12.2. The van der Waals surface area contributed by atoms with Crippen molar-refractivity contribution in [2.75, 3.05) is 18.1 Å². The van der Waals surface area contributed by atoms with E-state index in [4.69, 9.17) is 16.2 Å². The molecule has 2 rings (SSSR count). The van der Waals surface area contributed by atoms with Gasteiger partial charge in [-0.3, -0.25) is 0 Å². The van der Waals surface area contributed by atoms with Gasteiger partial charge in [0.05, 0.1) is 17.5 Å². The first-order chi connectivity index (χ1) is 8.72. The summed E-state index contributed by atoms with van der Waals surface area (Å²) in [5, 5.41) is 0.739. The maximum atomic E-state index is 5.88. The van der Waals surface area contributed by atoms with E-state index in [0.717, 1.165) is 24.0 Å². The molecule has 0 amide bonds. The zero-order valence-corrected chi connectivity index (χ0v) is 10.5. The third-order valence-corrected chi connectivity index (χ3v) is 2.74. The van der Waals surface area contributed by atoms with E-state index in [-0.39, 0.29) is 5.95 Å². The minimum absolute atomic E-state index is 0.183. The van der Waals surface area contributed by atoms with Crippen LogP contribution in [0.4, 0.5) is 11.8 Å². The number of aromatic nitrogens is 2. The third kappa shape index (κ3) is 2.61. The molecule has 1 aromatic heterocycles. The number of ether oxygens (including phenoxy) is 1. The van der Waals surface area contributed by atoms with Gasteiger partial charge in [0.25, 0.3) is 0 Å². The van der Waals surface area contributed by atoms with Crippen molar-refractivity contribution in [3.05, 3.63) is 18.2 Å². The van der Waals surface area contributed by atoms with E-state index in [9.17, 15) is 0 Å². The molecule has 5 heteroatoms. The van der Waals surface area contributed by atoms with Crippen LogP contribution >= 0.6 is 0 Å². The van der Waals surface area contributed by atoms with E-state index in [1.807, 2.05) is 18.2 Å². The molecule has 0 atom stereocenters. The molecule has 0 fully saturated rings. The normalized spacial score (nSPS) is 10.7. The molecule has 4 N–H and O–H groups in total. The summed E-state index contributed by atoms with van der Waals surface area (Å²) in [7, 11) is 0. The number of unbranched alkanes of at least 4 members (excludes halogenated alkanes) is 2. The summed E-state index contributed by atoms with van der Waals surface area (Å²) >= 11 is 0. The minimum atomic E-state index is 0.183. The predicted molar refractivity (Wildman–Crippen MR) is 73.4 cm³/mol. The smallest absolute Gasteiger partial charge is 0.222 e. The van der Waals surface area contributed by atoms with Crippen molar-refractivity contribution >= 4 is 22.7 Å². The molecule has 96 valence electrons. The van der Waals surface area contributed by atoms with E-state index in [2.05, 4.69) is 16.9 Å². The number of hydrogen-bond donors (Lipinski definition) is 2. The number of nitrogen functional groups attached to an aromatic ring is 2. The highest BCUT2D eigenvalue weighted by atomic mass is 16.5. The molecule has 1 heterocycles. The second kappa shape index (κ2) is 5.53. The van der Waals surface area contributed by atoms with Gasteiger partial charge in [0, 0.05) is 0 Å². The average molecular weight is 246 g/mol. The van der Waals surface area contributed by atoms with Crippen molar-refractivity contribution < 1.29 is 4.74 Å². The molecule has 0 aliphatic rings. The molecular weight excluding hydrogens is 228 g/mol. The number of fused-ring (bicyclic) bond motifs is 1. The van der Waals surface area contributed by atoms with Crippen LogP contribution in [0.1, 0.15) is 26.2 Å². The van der Waals surface area contributed by atoms with Crippen molar-refractivity contribution in [1.82, 2.24) is 9.97 Å². The highest BCUT2D eigenvalue weighted by molar-refractivity contribution is 5.94. The largest absolute Gasteiger partial charge is 0.493 e. The molecule has 0 saturated heterocycles. The van der Waals surface area contributed by atoms with E-state index >= 15 is 0 Å². The Morgan fingerprint density at radius 1 is 1.17 bits per heavy atom. The first kappa shape index (κ1) is 12.4. The van der Waals surface area contributed by atoms with Crippen LogP contribution in [0.15, 0.2) is 18.2 Å². The SMILES string of the molecule is CCCCCOc1cccc2nc(N)nc(N)c12. The van der Waals surface area contributed by atoms with Gasteiger partial charge in [-0.05, 0) is 18.6 Å². The van der Waals surface area contributed by atoms with Gasteiger partial charge in [0.2, 0.25) is 5.95 Å². The molecule has 2 aromatic rings. The molecule has 0 bridgehead atoms. The first-order valence-electron chi connectivity index (χ1n) is 6.17. The molecule has 18 heavy (non-hydrogen) atoms. The lowest BCUT2D eigenvalue weighted by molar-refractivity contribution is 0.310. The summed E-state index contributed by atoms with van der Waals surface area (Å²) in [6.07, 6.45) is 3.35.